The van der Waals surface area contributed by atoms with Crippen LogP contribution in [0.5, 0.6) is 0 Å². The molecule has 0 aromatic heterocycles. The van der Waals surface area contributed by atoms with Gasteiger partial charge in [-0.15, -0.1) is 0 Å². The average molecular weight is 283 g/mol. The molecule has 0 aliphatic carbocycles. The number of unbranched alkanes of at least 4 members (excludes halogenated alkanes) is 1. The molecule has 21 heavy (non-hydrogen) atoms. The van der Waals surface area contributed by atoms with E-state index in [1.807, 2.05) is 36.4 Å². The lowest BCUT2D eigenvalue weighted by Crippen LogP contribution is -2.13. The standard InChI is InChI=1S/C18H21NO2/c19-18(20)17-12-5-4-10-16(17)11-6-7-13-21-14-15-8-2-1-3-9-15/h1-5,8-10,12H,6-7,11,13-14H2,(H2,19,20). The van der Waals surface area contributed by atoms with Crippen molar-refractivity contribution in [3.05, 3.63) is 71.3 Å². The SMILES string of the molecule is NC(=O)c1ccccc1CCCCOCc1ccccc1. The first-order chi connectivity index (χ1) is 10.3. The fourth-order valence-electron chi connectivity index (χ4n) is 2.26. The third-order valence-corrected chi connectivity index (χ3v) is 3.38. The Bertz CT molecular complexity index is 566. The predicted molar refractivity (Wildman–Crippen MR) is 84.0 cm³/mol. The van der Waals surface area contributed by atoms with Gasteiger partial charge in [0.25, 0.3) is 0 Å². The van der Waals surface area contributed by atoms with Gasteiger partial charge in [-0.3, -0.25) is 4.79 Å². The van der Waals surface area contributed by atoms with Gasteiger partial charge in [-0.2, -0.15) is 0 Å². The lowest BCUT2D eigenvalue weighted by Gasteiger charge is -2.07. The average Bonchev–Trinajstić information content (AvgIpc) is 2.52. The number of hydrogen-bond acceptors (Lipinski definition) is 2. The van der Waals surface area contributed by atoms with E-state index in [1.54, 1.807) is 6.07 Å². The minimum absolute atomic E-state index is 0.356. The molecule has 3 nitrogen and oxygen atoms in total. The smallest absolute Gasteiger partial charge is 0.248 e. The zero-order valence-electron chi connectivity index (χ0n) is 12.1. The van der Waals surface area contributed by atoms with Gasteiger partial charge in [-0.1, -0.05) is 48.5 Å². The molecular formula is C18H21NO2. The summed E-state index contributed by atoms with van der Waals surface area (Å²) >= 11 is 0. The Morgan fingerprint density at radius 1 is 0.952 bits per heavy atom. The lowest BCUT2D eigenvalue weighted by atomic mass is 10.0. The van der Waals surface area contributed by atoms with Gasteiger partial charge in [0.15, 0.2) is 0 Å². The molecule has 2 aromatic rings. The van der Waals surface area contributed by atoms with Crippen LogP contribution in [0, 0.1) is 0 Å². The maximum Gasteiger partial charge on any atom is 0.248 e. The number of primary amides is 1. The topological polar surface area (TPSA) is 52.3 Å². The van der Waals surface area contributed by atoms with Crippen LogP contribution in [0.4, 0.5) is 0 Å². The molecule has 0 heterocycles. The van der Waals surface area contributed by atoms with Crippen LogP contribution >= 0.6 is 0 Å². The second-order valence-electron chi connectivity index (χ2n) is 5.02. The molecule has 0 saturated carbocycles. The molecule has 0 bridgehead atoms. The summed E-state index contributed by atoms with van der Waals surface area (Å²) in [6.45, 7) is 1.38. The van der Waals surface area contributed by atoms with Gasteiger partial charge >= 0.3 is 0 Å². The van der Waals surface area contributed by atoms with E-state index in [0.717, 1.165) is 31.4 Å². The van der Waals surface area contributed by atoms with Gasteiger partial charge in [-0.25, -0.2) is 0 Å². The van der Waals surface area contributed by atoms with E-state index >= 15 is 0 Å². The Labute approximate surface area is 125 Å². The van der Waals surface area contributed by atoms with Crippen molar-refractivity contribution in [2.45, 2.75) is 25.9 Å². The van der Waals surface area contributed by atoms with Crippen LogP contribution in [0.1, 0.15) is 34.3 Å². The van der Waals surface area contributed by atoms with Crippen molar-refractivity contribution < 1.29 is 9.53 Å². The third-order valence-electron chi connectivity index (χ3n) is 3.38. The van der Waals surface area contributed by atoms with Crippen LogP contribution in [-0.2, 0) is 17.8 Å². The normalized spacial score (nSPS) is 10.5. The number of rotatable bonds is 8. The van der Waals surface area contributed by atoms with Crippen molar-refractivity contribution >= 4 is 5.91 Å². The van der Waals surface area contributed by atoms with Crippen molar-refractivity contribution in [1.82, 2.24) is 0 Å². The van der Waals surface area contributed by atoms with Crippen molar-refractivity contribution in [3.63, 3.8) is 0 Å². The van der Waals surface area contributed by atoms with Gasteiger partial charge in [0.2, 0.25) is 5.91 Å². The molecule has 2 rings (SSSR count). The Hall–Kier alpha value is -2.13. The van der Waals surface area contributed by atoms with Crippen LogP contribution in [0.2, 0.25) is 0 Å². The molecular weight excluding hydrogens is 262 g/mol. The van der Waals surface area contributed by atoms with Crippen LogP contribution in [-0.4, -0.2) is 12.5 Å². The van der Waals surface area contributed by atoms with Crippen LogP contribution < -0.4 is 5.73 Å². The molecule has 3 heteroatoms. The summed E-state index contributed by atoms with van der Waals surface area (Å²) in [7, 11) is 0. The van der Waals surface area contributed by atoms with E-state index in [4.69, 9.17) is 10.5 Å². The van der Waals surface area contributed by atoms with E-state index in [0.29, 0.717) is 12.2 Å². The number of amides is 1. The summed E-state index contributed by atoms with van der Waals surface area (Å²) < 4.78 is 5.64. The number of benzene rings is 2. The molecule has 0 fully saturated rings. The van der Waals surface area contributed by atoms with Crippen LogP contribution in [0.15, 0.2) is 54.6 Å². The minimum atomic E-state index is -0.356. The molecule has 110 valence electrons. The van der Waals surface area contributed by atoms with E-state index in [1.165, 1.54) is 5.56 Å². The quantitative estimate of drug-likeness (QED) is 0.755. The molecule has 0 aliphatic heterocycles. The summed E-state index contributed by atoms with van der Waals surface area (Å²) in [5.41, 5.74) is 8.21. The summed E-state index contributed by atoms with van der Waals surface area (Å²) in [6, 6.07) is 17.7. The van der Waals surface area contributed by atoms with Crippen molar-refractivity contribution in [2.24, 2.45) is 5.73 Å². The van der Waals surface area contributed by atoms with Gasteiger partial charge in [0.1, 0.15) is 0 Å². The summed E-state index contributed by atoms with van der Waals surface area (Å²) in [5.74, 6) is -0.356. The number of carbonyl (C=O) groups is 1. The van der Waals surface area contributed by atoms with Crippen molar-refractivity contribution in [1.29, 1.82) is 0 Å². The molecule has 0 radical (unpaired) electrons. The maximum absolute atomic E-state index is 11.3. The number of aryl methyl sites for hydroxylation is 1. The van der Waals surface area contributed by atoms with E-state index in [-0.39, 0.29) is 5.91 Å². The molecule has 0 atom stereocenters. The van der Waals surface area contributed by atoms with E-state index in [2.05, 4.69) is 12.1 Å². The zero-order valence-corrected chi connectivity index (χ0v) is 12.1. The predicted octanol–water partition coefficient (Wildman–Crippen LogP) is 3.33. The third kappa shape index (κ3) is 5.04. The molecule has 1 amide bonds. The van der Waals surface area contributed by atoms with Gasteiger partial charge in [0, 0.05) is 12.2 Å². The molecule has 0 spiro atoms. The lowest BCUT2D eigenvalue weighted by molar-refractivity contribution is 0.0999. The Morgan fingerprint density at radius 3 is 2.43 bits per heavy atom. The monoisotopic (exact) mass is 283 g/mol. The Morgan fingerprint density at radius 2 is 1.67 bits per heavy atom. The number of hydrogen-bond donors (Lipinski definition) is 1. The largest absolute Gasteiger partial charge is 0.377 e. The highest BCUT2D eigenvalue weighted by Crippen LogP contribution is 2.12. The number of ether oxygens (including phenoxy) is 1. The molecule has 0 saturated heterocycles. The number of nitrogens with two attached hydrogens (primary N) is 1. The molecule has 0 aliphatic rings. The second kappa shape index (κ2) is 8.22. The maximum atomic E-state index is 11.3. The van der Waals surface area contributed by atoms with Crippen LogP contribution in [0.3, 0.4) is 0 Å². The zero-order chi connectivity index (χ0) is 14.9. The summed E-state index contributed by atoms with van der Waals surface area (Å²) in [6.07, 6.45) is 2.81. The molecule has 2 N–H and O–H groups in total. The summed E-state index contributed by atoms with van der Waals surface area (Å²) in [4.78, 5) is 11.3. The van der Waals surface area contributed by atoms with Crippen molar-refractivity contribution in [2.75, 3.05) is 6.61 Å². The van der Waals surface area contributed by atoms with Gasteiger partial charge in [-0.05, 0) is 36.5 Å². The molecule has 0 unspecified atom stereocenters. The highest BCUT2D eigenvalue weighted by Gasteiger charge is 2.06. The highest BCUT2D eigenvalue weighted by molar-refractivity contribution is 5.94. The fourth-order valence-corrected chi connectivity index (χ4v) is 2.26. The van der Waals surface area contributed by atoms with Gasteiger partial charge < -0.3 is 10.5 Å². The Balaban J connectivity index is 1.67. The fraction of sp³-hybridized carbons (Fsp3) is 0.278. The second-order valence-corrected chi connectivity index (χ2v) is 5.02. The first-order valence-corrected chi connectivity index (χ1v) is 7.27. The summed E-state index contributed by atoms with van der Waals surface area (Å²) in [5, 5.41) is 0. The van der Waals surface area contributed by atoms with E-state index < -0.39 is 0 Å². The molecule has 2 aromatic carbocycles. The van der Waals surface area contributed by atoms with Gasteiger partial charge in [0.05, 0.1) is 6.61 Å². The number of carbonyl (C=O) groups excluding carboxylic acids is 1. The first-order valence-electron chi connectivity index (χ1n) is 7.27. The van der Waals surface area contributed by atoms with E-state index in [9.17, 15) is 4.79 Å². The van der Waals surface area contributed by atoms with Crippen LogP contribution in [0.25, 0.3) is 0 Å². The highest BCUT2D eigenvalue weighted by atomic mass is 16.5. The Kier molecular flexibility index (Phi) is 5.98. The first kappa shape index (κ1) is 15.3. The van der Waals surface area contributed by atoms with Crippen molar-refractivity contribution in [3.8, 4) is 0 Å². The minimum Gasteiger partial charge on any atom is -0.377 e.